The molecule has 2 aromatic carbocycles. The summed E-state index contributed by atoms with van der Waals surface area (Å²) < 4.78 is 11.6. The molecule has 0 spiro atoms. The number of nitrogens with two attached hydrogens (primary N) is 1. The summed E-state index contributed by atoms with van der Waals surface area (Å²) in [6, 6.07) is 15.4. The van der Waals surface area contributed by atoms with Crippen LogP contribution in [0.4, 0.5) is 5.69 Å². The van der Waals surface area contributed by atoms with Crippen LogP contribution < -0.4 is 15.4 Å². The van der Waals surface area contributed by atoms with Crippen LogP contribution in [0.25, 0.3) is 10.8 Å². The Balaban J connectivity index is 1.51. The molecule has 1 aromatic heterocycles. The van der Waals surface area contributed by atoms with Crippen molar-refractivity contribution in [3.63, 3.8) is 0 Å². The average Bonchev–Trinajstić information content (AvgIpc) is 2.83. The van der Waals surface area contributed by atoms with E-state index in [0.29, 0.717) is 30.8 Å². The predicted octanol–water partition coefficient (Wildman–Crippen LogP) is 3.75. The molecule has 3 aromatic rings. The summed E-state index contributed by atoms with van der Waals surface area (Å²) in [7, 11) is 0. The summed E-state index contributed by atoms with van der Waals surface area (Å²) in [6.07, 6.45) is 4.86. The van der Waals surface area contributed by atoms with Crippen LogP contribution in [0, 0.1) is 10.8 Å². The summed E-state index contributed by atoms with van der Waals surface area (Å²) in [6.45, 7) is 3.92. The van der Waals surface area contributed by atoms with E-state index in [4.69, 9.17) is 20.6 Å². The maximum absolute atomic E-state index is 12.9. The number of hydrogen-bond donors (Lipinski definition) is 2. The third-order valence-corrected chi connectivity index (χ3v) is 6.09. The summed E-state index contributed by atoms with van der Waals surface area (Å²) in [4.78, 5) is 19.3. The number of fused-ring (bicyclic) bond motifs is 1. The lowest BCUT2D eigenvalue weighted by molar-refractivity contribution is -0.159. The summed E-state index contributed by atoms with van der Waals surface area (Å²) >= 11 is 0. The highest BCUT2D eigenvalue weighted by Gasteiger charge is 2.43. The molecule has 7 heteroatoms. The Morgan fingerprint density at radius 2 is 1.81 bits per heavy atom. The fraction of sp³-hybridized carbons (Fsp3) is 0.320. The minimum atomic E-state index is -0.685. The minimum absolute atomic E-state index is 0.0282. The van der Waals surface area contributed by atoms with Gasteiger partial charge in [-0.2, -0.15) is 0 Å². The van der Waals surface area contributed by atoms with Crippen molar-refractivity contribution in [1.29, 1.82) is 5.41 Å². The number of nitrogens with one attached hydrogen (secondary N) is 1. The molecule has 1 aliphatic heterocycles. The van der Waals surface area contributed by atoms with Gasteiger partial charge in [0.15, 0.2) is 0 Å². The van der Waals surface area contributed by atoms with Crippen LogP contribution in [0.3, 0.4) is 0 Å². The molecule has 1 fully saturated rings. The van der Waals surface area contributed by atoms with Crippen molar-refractivity contribution in [3.05, 3.63) is 66.5 Å². The molecular formula is C25H28N4O3. The van der Waals surface area contributed by atoms with Crippen molar-refractivity contribution >= 4 is 28.3 Å². The number of ether oxygens (including phenoxy) is 2. The standard InChI is InChI=1S/C25H28N4O3/c1-2-31-24(30)25(9-13-29(14-10-25)21-7-11-28-12-8-21)17-32-22-6-5-18-3-4-19(23(26)27)15-20(18)16-22/h3-8,11-12,15-16H,2,9-10,13-14,17H2,1H3,(H3,26,27). The fourth-order valence-corrected chi connectivity index (χ4v) is 4.14. The zero-order valence-corrected chi connectivity index (χ0v) is 18.2. The third-order valence-electron chi connectivity index (χ3n) is 6.09. The first-order valence-corrected chi connectivity index (χ1v) is 10.8. The monoisotopic (exact) mass is 432 g/mol. The van der Waals surface area contributed by atoms with E-state index in [-0.39, 0.29) is 18.4 Å². The lowest BCUT2D eigenvalue weighted by Crippen LogP contribution is -2.48. The third kappa shape index (κ3) is 4.51. The van der Waals surface area contributed by atoms with Gasteiger partial charge in [-0.25, -0.2) is 0 Å². The van der Waals surface area contributed by atoms with Crippen molar-refractivity contribution in [2.24, 2.45) is 11.1 Å². The number of carbonyl (C=O) groups is 1. The number of nitrogen functional groups attached to an aromatic ring is 1. The van der Waals surface area contributed by atoms with Gasteiger partial charge in [-0.3, -0.25) is 15.2 Å². The van der Waals surface area contributed by atoms with Crippen molar-refractivity contribution in [3.8, 4) is 5.75 Å². The van der Waals surface area contributed by atoms with Crippen molar-refractivity contribution in [1.82, 2.24) is 4.98 Å². The number of carbonyl (C=O) groups excluding carboxylic acids is 1. The van der Waals surface area contributed by atoms with Crippen LogP contribution in [0.1, 0.15) is 25.3 Å². The van der Waals surface area contributed by atoms with E-state index >= 15 is 0 Å². The fourth-order valence-electron chi connectivity index (χ4n) is 4.14. The summed E-state index contributed by atoms with van der Waals surface area (Å²) in [5, 5.41) is 9.63. The topological polar surface area (TPSA) is 102 Å². The van der Waals surface area contributed by atoms with Crippen molar-refractivity contribution < 1.29 is 14.3 Å². The second-order valence-electron chi connectivity index (χ2n) is 8.12. The van der Waals surface area contributed by atoms with Gasteiger partial charge in [-0.15, -0.1) is 0 Å². The molecular weight excluding hydrogens is 404 g/mol. The van der Waals surface area contributed by atoms with Crippen LogP contribution in [-0.4, -0.2) is 43.1 Å². The number of hydrogen-bond acceptors (Lipinski definition) is 6. The zero-order valence-electron chi connectivity index (χ0n) is 18.2. The number of amidine groups is 1. The Kier molecular flexibility index (Phi) is 6.25. The van der Waals surface area contributed by atoms with Gasteiger partial charge >= 0.3 is 5.97 Å². The first kappa shape index (κ1) is 21.6. The molecule has 0 unspecified atom stereocenters. The Morgan fingerprint density at radius 3 is 2.50 bits per heavy atom. The van der Waals surface area contributed by atoms with E-state index in [1.165, 1.54) is 0 Å². The van der Waals surface area contributed by atoms with E-state index in [1.807, 2.05) is 55.5 Å². The summed E-state index contributed by atoms with van der Waals surface area (Å²) in [5.41, 5.74) is 6.71. The van der Waals surface area contributed by atoms with E-state index in [0.717, 1.165) is 29.5 Å². The first-order chi connectivity index (χ1) is 15.5. The average molecular weight is 433 g/mol. The number of piperidine rings is 1. The molecule has 0 bridgehead atoms. The highest BCUT2D eigenvalue weighted by Crippen LogP contribution is 2.36. The molecule has 0 amide bonds. The largest absolute Gasteiger partial charge is 0.492 e. The number of pyridine rings is 1. The van der Waals surface area contributed by atoms with E-state index < -0.39 is 5.41 Å². The van der Waals surface area contributed by atoms with Crippen molar-refractivity contribution in [2.45, 2.75) is 19.8 Å². The van der Waals surface area contributed by atoms with Gasteiger partial charge in [0.1, 0.15) is 23.6 Å². The quantitative estimate of drug-likeness (QED) is 0.335. The minimum Gasteiger partial charge on any atom is -0.492 e. The van der Waals surface area contributed by atoms with Crippen LogP contribution in [-0.2, 0) is 9.53 Å². The molecule has 0 saturated carbocycles. The molecule has 1 aliphatic rings. The van der Waals surface area contributed by atoms with E-state index in [9.17, 15) is 4.79 Å². The zero-order chi connectivity index (χ0) is 22.6. The van der Waals surface area contributed by atoms with Crippen LogP contribution in [0.5, 0.6) is 5.75 Å². The van der Waals surface area contributed by atoms with Gasteiger partial charge in [-0.1, -0.05) is 18.2 Å². The molecule has 0 radical (unpaired) electrons. The van der Waals surface area contributed by atoms with Gasteiger partial charge in [0.2, 0.25) is 0 Å². The maximum Gasteiger partial charge on any atom is 0.315 e. The Bertz CT molecular complexity index is 1110. The molecule has 2 heterocycles. The Labute approximate surface area is 187 Å². The SMILES string of the molecule is CCOC(=O)C1(COc2ccc3ccc(C(=N)N)cc3c2)CCN(c2ccncc2)CC1. The van der Waals surface area contributed by atoms with Crippen molar-refractivity contribution in [2.75, 3.05) is 31.2 Å². The first-order valence-electron chi connectivity index (χ1n) is 10.8. The van der Waals surface area contributed by atoms with Gasteiger partial charge in [-0.05, 0) is 60.9 Å². The molecule has 32 heavy (non-hydrogen) atoms. The van der Waals surface area contributed by atoms with Gasteiger partial charge in [0, 0.05) is 36.7 Å². The molecule has 0 aliphatic carbocycles. The van der Waals surface area contributed by atoms with Gasteiger partial charge in [0.05, 0.1) is 6.61 Å². The van der Waals surface area contributed by atoms with Gasteiger partial charge in [0.25, 0.3) is 0 Å². The lowest BCUT2D eigenvalue weighted by Gasteiger charge is -2.40. The van der Waals surface area contributed by atoms with Crippen LogP contribution in [0.2, 0.25) is 0 Å². The smallest absolute Gasteiger partial charge is 0.315 e. The van der Waals surface area contributed by atoms with Crippen LogP contribution >= 0.6 is 0 Å². The Morgan fingerprint density at radius 1 is 1.09 bits per heavy atom. The second kappa shape index (κ2) is 9.26. The Hall–Kier alpha value is -3.61. The number of esters is 1. The molecule has 1 saturated heterocycles. The number of aromatic nitrogens is 1. The highest BCUT2D eigenvalue weighted by molar-refractivity contribution is 5.99. The molecule has 166 valence electrons. The molecule has 7 nitrogen and oxygen atoms in total. The van der Waals surface area contributed by atoms with Crippen LogP contribution in [0.15, 0.2) is 60.9 Å². The maximum atomic E-state index is 12.9. The van der Waals surface area contributed by atoms with E-state index in [2.05, 4.69) is 9.88 Å². The predicted molar refractivity (Wildman–Crippen MR) is 125 cm³/mol. The number of anilines is 1. The summed E-state index contributed by atoms with van der Waals surface area (Å²) in [5.74, 6) is 0.507. The van der Waals surface area contributed by atoms with Gasteiger partial charge < -0.3 is 20.1 Å². The number of nitrogens with zero attached hydrogens (tertiary/aromatic N) is 2. The normalized spacial score (nSPS) is 15.3. The second-order valence-corrected chi connectivity index (χ2v) is 8.12. The molecule has 0 atom stereocenters. The molecule has 4 rings (SSSR count). The highest BCUT2D eigenvalue weighted by atomic mass is 16.5. The number of benzene rings is 2. The molecule has 3 N–H and O–H groups in total. The van der Waals surface area contributed by atoms with E-state index in [1.54, 1.807) is 12.4 Å². The lowest BCUT2D eigenvalue weighted by atomic mass is 9.79. The number of rotatable bonds is 7.